The Balaban J connectivity index is 1.79. The van der Waals surface area contributed by atoms with E-state index in [4.69, 9.17) is 0 Å². The Morgan fingerprint density at radius 1 is 1.29 bits per heavy atom. The van der Waals surface area contributed by atoms with Crippen molar-refractivity contribution in [2.75, 3.05) is 20.1 Å². The van der Waals surface area contributed by atoms with Crippen LogP contribution in [0.5, 0.6) is 0 Å². The van der Waals surface area contributed by atoms with Gasteiger partial charge in [0.2, 0.25) is 10.0 Å². The van der Waals surface area contributed by atoms with Gasteiger partial charge < -0.3 is 4.90 Å². The monoisotopic (exact) mass is 402 g/mol. The van der Waals surface area contributed by atoms with Gasteiger partial charge in [0.05, 0.1) is 17.9 Å². The number of hydrogen-bond acceptors (Lipinski definition) is 4. The fourth-order valence-electron chi connectivity index (χ4n) is 3.61. The maximum Gasteiger partial charge on any atom is 0.274 e. The molecule has 1 aliphatic carbocycles. The zero-order chi connectivity index (χ0) is 19.9. The summed E-state index contributed by atoms with van der Waals surface area (Å²) < 4.78 is 29.9. The van der Waals surface area contributed by atoms with E-state index >= 15 is 0 Å². The number of hydrogen-bond donors (Lipinski definition) is 0. The number of rotatable bonds is 6. The van der Waals surface area contributed by atoms with E-state index in [0.717, 1.165) is 25.7 Å². The Bertz CT molecular complexity index is 995. The number of carbonyl (C=O) groups excluding carboxylic acids is 1. The summed E-state index contributed by atoms with van der Waals surface area (Å²) in [5.74, 6) is 0.244. The third-order valence-corrected chi connectivity index (χ3v) is 7.35. The summed E-state index contributed by atoms with van der Waals surface area (Å²) in [7, 11) is -1.86. The van der Waals surface area contributed by atoms with E-state index in [9.17, 15) is 13.2 Å². The average Bonchev–Trinajstić information content (AvgIpc) is 3.43. The Hall–Kier alpha value is -2.19. The third kappa shape index (κ3) is 3.35. The van der Waals surface area contributed by atoms with Crippen molar-refractivity contribution < 1.29 is 13.2 Å². The molecule has 0 saturated heterocycles. The van der Waals surface area contributed by atoms with Crippen molar-refractivity contribution in [1.82, 2.24) is 18.8 Å². The highest BCUT2D eigenvalue weighted by Crippen LogP contribution is 2.36. The fourth-order valence-corrected chi connectivity index (χ4v) is 5.26. The van der Waals surface area contributed by atoms with Crippen LogP contribution in [0.15, 0.2) is 35.5 Å². The van der Waals surface area contributed by atoms with Crippen molar-refractivity contribution in [2.45, 2.75) is 44.0 Å². The van der Waals surface area contributed by atoms with Crippen LogP contribution in [0.4, 0.5) is 0 Å². The smallest absolute Gasteiger partial charge is 0.274 e. The van der Waals surface area contributed by atoms with E-state index in [1.54, 1.807) is 41.0 Å². The average molecular weight is 403 g/mol. The van der Waals surface area contributed by atoms with Crippen LogP contribution in [0, 0.1) is 5.92 Å². The topological polar surface area (TPSA) is 75.5 Å². The van der Waals surface area contributed by atoms with Gasteiger partial charge in [-0.05, 0) is 37.3 Å². The van der Waals surface area contributed by atoms with Crippen LogP contribution in [0.25, 0.3) is 5.69 Å². The van der Waals surface area contributed by atoms with Gasteiger partial charge in [0.15, 0.2) is 5.69 Å². The van der Waals surface area contributed by atoms with Gasteiger partial charge in [0.25, 0.3) is 5.91 Å². The molecule has 2 aliphatic rings. The van der Waals surface area contributed by atoms with Crippen LogP contribution in [-0.4, -0.2) is 53.2 Å². The summed E-state index contributed by atoms with van der Waals surface area (Å²) in [6.45, 7) is 3.39. The normalized spacial score (nSPS) is 18.2. The predicted molar refractivity (Wildman–Crippen MR) is 106 cm³/mol. The van der Waals surface area contributed by atoms with Crippen LogP contribution in [-0.2, 0) is 16.6 Å². The molecule has 0 spiro atoms. The highest BCUT2D eigenvalue weighted by atomic mass is 32.2. The minimum Gasteiger partial charge on any atom is -0.340 e. The Morgan fingerprint density at radius 2 is 2.04 bits per heavy atom. The molecule has 2 heterocycles. The predicted octanol–water partition coefficient (Wildman–Crippen LogP) is 2.66. The summed E-state index contributed by atoms with van der Waals surface area (Å²) in [6, 6.07) is 6.95. The van der Waals surface area contributed by atoms with Crippen molar-refractivity contribution in [1.29, 1.82) is 0 Å². The molecule has 0 N–H and O–H groups in total. The molecule has 1 fully saturated rings. The van der Waals surface area contributed by atoms with Gasteiger partial charge >= 0.3 is 0 Å². The molecule has 8 heteroatoms. The van der Waals surface area contributed by atoms with E-state index < -0.39 is 10.0 Å². The van der Waals surface area contributed by atoms with Crippen LogP contribution < -0.4 is 0 Å². The van der Waals surface area contributed by atoms with E-state index in [0.29, 0.717) is 36.1 Å². The SMILES string of the molecule is CCCCN(C)C(=O)c1ncn2c1CN(CC1CC1)S(=O)(=O)c1ccccc1-2. The maximum absolute atomic E-state index is 13.3. The molecule has 0 unspecified atom stereocenters. The Morgan fingerprint density at radius 3 is 2.75 bits per heavy atom. The number of unbranched alkanes of at least 4 members (excludes halogenated alkanes) is 1. The fraction of sp³-hybridized carbons (Fsp3) is 0.500. The van der Waals surface area contributed by atoms with Gasteiger partial charge in [-0.25, -0.2) is 13.4 Å². The standard InChI is InChI=1S/C20H26N4O3S/c1-3-4-11-22(2)20(25)19-17-13-23(12-15-9-10-15)28(26,27)18-8-6-5-7-16(18)24(17)14-21-19/h5-8,14-15H,3-4,9-13H2,1-2H3. The lowest BCUT2D eigenvalue weighted by atomic mass is 10.2. The van der Waals surface area contributed by atoms with Crippen LogP contribution >= 0.6 is 0 Å². The maximum atomic E-state index is 13.3. The van der Waals surface area contributed by atoms with Gasteiger partial charge in [0.1, 0.15) is 11.2 Å². The van der Waals surface area contributed by atoms with E-state index in [2.05, 4.69) is 11.9 Å². The van der Waals surface area contributed by atoms with Crippen LogP contribution in [0.1, 0.15) is 48.8 Å². The molecule has 0 radical (unpaired) electrons. The summed E-state index contributed by atoms with van der Waals surface area (Å²) in [6.07, 6.45) is 5.60. The van der Waals surface area contributed by atoms with Gasteiger partial charge in [0, 0.05) is 20.1 Å². The summed E-state index contributed by atoms with van der Waals surface area (Å²) in [5, 5.41) is 0. The first-order chi connectivity index (χ1) is 13.4. The lowest BCUT2D eigenvalue weighted by Gasteiger charge is -2.21. The highest BCUT2D eigenvalue weighted by Gasteiger charge is 2.38. The largest absolute Gasteiger partial charge is 0.340 e. The second kappa shape index (κ2) is 7.33. The first kappa shape index (κ1) is 19.1. The minimum atomic E-state index is -3.63. The zero-order valence-corrected chi connectivity index (χ0v) is 17.2. The van der Waals surface area contributed by atoms with Crippen molar-refractivity contribution in [2.24, 2.45) is 5.92 Å². The van der Waals surface area contributed by atoms with E-state index in [1.807, 2.05) is 6.07 Å². The van der Waals surface area contributed by atoms with Crippen molar-refractivity contribution in [3.05, 3.63) is 42.0 Å². The van der Waals surface area contributed by atoms with Gasteiger partial charge in [-0.3, -0.25) is 9.36 Å². The molecule has 150 valence electrons. The number of benzene rings is 1. The van der Waals surface area contributed by atoms with Crippen LogP contribution in [0.2, 0.25) is 0 Å². The Labute approximate surface area is 166 Å². The van der Waals surface area contributed by atoms with Crippen molar-refractivity contribution in [3.63, 3.8) is 0 Å². The second-order valence-electron chi connectivity index (χ2n) is 7.70. The lowest BCUT2D eigenvalue weighted by molar-refractivity contribution is 0.0786. The molecule has 1 aromatic heterocycles. The molecule has 2 aromatic rings. The highest BCUT2D eigenvalue weighted by molar-refractivity contribution is 7.89. The number of carbonyl (C=O) groups is 1. The summed E-state index contributed by atoms with van der Waals surface area (Å²) in [5.41, 5.74) is 1.53. The molecule has 0 bridgehead atoms. The number of aromatic nitrogens is 2. The third-order valence-electron chi connectivity index (χ3n) is 5.49. The van der Waals surface area contributed by atoms with E-state index in [-0.39, 0.29) is 17.3 Å². The second-order valence-corrected chi connectivity index (χ2v) is 9.61. The van der Waals surface area contributed by atoms with Crippen LogP contribution in [0.3, 0.4) is 0 Å². The number of nitrogens with zero attached hydrogens (tertiary/aromatic N) is 4. The molecule has 1 aromatic carbocycles. The first-order valence-corrected chi connectivity index (χ1v) is 11.3. The molecule has 7 nitrogen and oxygen atoms in total. The molecule has 28 heavy (non-hydrogen) atoms. The number of fused-ring (bicyclic) bond motifs is 3. The number of amides is 1. The molecule has 4 rings (SSSR count). The summed E-state index contributed by atoms with van der Waals surface area (Å²) in [4.78, 5) is 19.3. The molecule has 1 amide bonds. The number of para-hydroxylation sites is 1. The first-order valence-electron chi connectivity index (χ1n) is 9.84. The van der Waals surface area contributed by atoms with Gasteiger partial charge in [-0.1, -0.05) is 25.5 Å². The Kier molecular flexibility index (Phi) is 5.01. The molecule has 1 saturated carbocycles. The molecule has 1 aliphatic heterocycles. The zero-order valence-electron chi connectivity index (χ0n) is 16.3. The number of imidazole rings is 1. The van der Waals surface area contributed by atoms with Gasteiger partial charge in [-0.2, -0.15) is 4.31 Å². The molecule has 0 atom stereocenters. The lowest BCUT2D eigenvalue weighted by Crippen LogP contribution is -2.33. The minimum absolute atomic E-state index is 0.162. The van der Waals surface area contributed by atoms with Crippen molar-refractivity contribution in [3.8, 4) is 5.69 Å². The quantitative estimate of drug-likeness (QED) is 0.744. The number of sulfonamides is 1. The molecular formula is C20H26N4O3S. The van der Waals surface area contributed by atoms with Crippen molar-refractivity contribution >= 4 is 15.9 Å². The summed E-state index contributed by atoms with van der Waals surface area (Å²) >= 11 is 0. The van der Waals surface area contributed by atoms with Gasteiger partial charge in [-0.15, -0.1) is 0 Å². The molecular weight excluding hydrogens is 376 g/mol. The van der Waals surface area contributed by atoms with E-state index in [1.165, 1.54) is 4.31 Å².